The Balaban J connectivity index is 1.67. The van der Waals surface area contributed by atoms with Gasteiger partial charge in [0.25, 0.3) is 11.8 Å². The second kappa shape index (κ2) is 10.3. The lowest BCUT2D eigenvalue weighted by atomic mass is 10.1. The molecule has 0 atom stereocenters. The largest absolute Gasteiger partial charge is 0.322 e. The Morgan fingerprint density at radius 1 is 0.833 bits per heavy atom. The highest BCUT2D eigenvalue weighted by Crippen LogP contribution is 2.16. The van der Waals surface area contributed by atoms with Gasteiger partial charge in [-0.2, -0.15) is 0 Å². The molecule has 3 rings (SSSR count). The van der Waals surface area contributed by atoms with Gasteiger partial charge in [0.1, 0.15) is 0 Å². The van der Waals surface area contributed by atoms with E-state index >= 15 is 0 Å². The molecule has 0 aliphatic heterocycles. The van der Waals surface area contributed by atoms with E-state index in [9.17, 15) is 9.59 Å². The first-order chi connectivity index (χ1) is 14.6. The maximum Gasteiger partial charge on any atom is 0.257 e. The van der Waals surface area contributed by atoms with Gasteiger partial charge in [0.05, 0.1) is 5.56 Å². The number of pyridine rings is 1. The van der Waals surface area contributed by atoms with Crippen molar-refractivity contribution in [1.29, 1.82) is 0 Å². The van der Waals surface area contributed by atoms with E-state index in [1.54, 1.807) is 42.6 Å². The maximum absolute atomic E-state index is 12.7. The maximum atomic E-state index is 12.7. The monoisotopic (exact) mass is 402 g/mol. The lowest BCUT2D eigenvalue weighted by molar-refractivity contribution is 0.101. The predicted molar refractivity (Wildman–Crippen MR) is 120 cm³/mol. The van der Waals surface area contributed by atoms with Crippen LogP contribution in [-0.4, -0.2) is 34.8 Å². The van der Waals surface area contributed by atoms with Crippen LogP contribution in [0.4, 0.5) is 11.4 Å². The Labute approximate surface area is 177 Å². The highest BCUT2D eigenvalue weighted by Gasteiger charge is 2.10. The van der Waals surface area contributed by atoms with Gasteiger partial charge in [-0.15, -0.1) is 0 Å². The van der Waals surface area contributed by atoms with Gasteiger partial charge in [0.15, 0.2) is 0 Å². The second-order valence-electron chi connectivity index (χ2n) is 6.89. The zero-order valence-electron chi connectivity index (χ0n) is 17.3. The van der Waals surface area contributed by atoms with E-state index in [2.05, 4.69) is 40.4 Å². The number of hydrogen-bond acceptors (Lipinski definition) is 4. The summed E-state index contributed by atoms with van der Waals surface area (Å²) >= 11 is 0. The normalized spacial score (nSPS) is 10.6. The molecule has 2 N–H and O–H groups in total. The minimum atomic E-state index is -0.273. The van der Waals surface area contributed by atoms with Crippen LogP contribution in [0.1, 0.15) is 40.1 Å². The molecule has 6 nitrogen and oxygen atoms in total. The van der Waals surface area contributed by atoms with Gasteiger partial charge in [-0.1, -0.05) is 32.0 Å². The molecule has 2 aromatic carbocycles. The number of amides is 2. The minimum absolute atomic E-state index is 0.229. The number of carbonyl (C=O) groups excluding carboxylic acids is 2. The van der Waals surface area contributed by atoms with Crippen LogP contribution in [0.15, 0.2) is 73.1 Å². The van der Waals surface area contributed by atoms with Crippen molar-refractivity contribution in [1.82, 2.24) is 9.88 Å². The molecule has 0 saturated carbocycles. The molecule has 154 valence electrons. The molecule has 1 heterocycles. The molecule has 0 saturated heterocycles. The van der Waals surface area contributed by atoms with Crippen molar-refractivity contribution in [2.24, 2.45) is 0 Å². The van der Waals surface area contributed by atoms with Crippen LogP contribution in [0.5, 0.6) is 0 Å². The predicted octanol–water partition coefficient (Wildman–Crippen LogP) is 4.43. The van der Waals surface area contributed by atoms with E-state index in [1.165, 1.54) is 6.20 Å². The lowest BCUT2D eigenvalue weighted by Crippen LogP contribution is -2.22. The SMILES string of the molecule is CCN(CC)Cc1cccc(NC(=O)c2cccc(NC(=O)c3cccnc3)c2)c1. The summed E-state index contributed by atoms with van der Waals surface area (Å²) in [4.78, 5) is 31.3. The number of benzene rings is 2. The summed E-state index contributed by atoms with van der Waals surface area (Å²) in [5, 5.41) is 5.74. The molecular formula is C24H26N4O2. The Bertz CT molecular complexity index is 1000. The molecule has 0 aliphatic rings. The summed E-state index contributed by atoms with van der Waals surface area (Å²) < 4.78 is 0. The minimum Gasteiger partial charge on any atom is -0.322 e. The van der Waals surface area contributed by atoms with Crippen molar-refractivity contribution in [3.05, 3.63) is 89.7 Å². The van der Waals surface area contributed by atoms with Crippen LogP contribution in [0.25, 0.3) is 0 Å². The summed E-state index contributed by atoms with van der Waals surface area (Å²) in [5.41, 5.74) is 3.36. The molecule has 3 aromatic rings. The van der Waals surface area contributed by atoms with Crippen molar-refractivity contribution in [3.8, 4) is 0 Å². The molecule has 0 radical (unpaired) electrons. The summed E-state index contributed by atoms with van der Waals surface area (Å²) in [6.45, 7) is 7.06. The molecule has 30 heavy (non-hydrogen) atoms. The topological polar surface area (TPSA) is 74.3 Å². The average molecular weight is 402 g/mol. The van der Waals surface area contributed by atoms with Gasteiger partial charge < -0.3 is 10.6 Å². The first-order valence-corrected chi connectivity index (χ1v) is 10.0. The van der Waals surface area contributed by atoms with E-state index < -0.39 is 0 Å². The average Bonchev–Trinajstić information content (AvgIpc) is 2.78. The van der Waals surface area contributed by atoms with Gasteiger partial charge in [-0.3, -0.25) is 19.5 Å². The molecule has 0 spiro atoms. The highest BCUT2D eigenvalue weighted by molar-refractivity contribution is 6.07. The second-order valence-corrected chi connectivity index (χ2v) is 6.89. The van der Waals surface area contributed by atoms with Gasteiger partial charge in [-0.25, -0.2) is 0 Å². The summed E-state index contributed by atoms with van der Waals surface area (Å²) in [6.07, 6.45) is 3.11. The Hall–Kier alpha value is -3.51. The smallest absolute Gasteiger partial charge is 0.257 e. The number of aromatic nitrogens is 1. The third-order valence-corrected chi connectivity index (χ3v) is 4.79. The van der Waals surface area contributed by atoms with Gasteiger partial charge >= 0.3 is 0 Å². The van der Waals surface area contributed by atoms with Gasteiger partial charge in [-0.05, 0) is 61.1 Å². The molecule has 0 aliphatic carbocycles. The van der Waals surface area contributed by atoms with Gasteiger partial charge in [0.2, 0.25) is 0 Å². The zero-order valence-corrected chi connectivity index (χ0v) is 17.3. The van der Waals surface area contributed by atoms with Crippen molar-refractivity contribution in [2.45, 2.75) is 20.4 Å². The van der Waals surface area contributed by atoms with Crippen molar-refractivity contribution >= 4 is 23.2 Å². The number of rotatable bonds is 8. The molecule has 1 aromatic heterocycles. The molecule has 0 bridgehead atoms. The Kier molecular flexibility index (Phi) is 7.29. The molecule has 6 heteroatoms. The van der Waals surface area contributed by atoms with E-state index in [0.717, 1.165) is 30.9 Å². The molecular weight excluding hydrogens is 376 g/mol. The standard InChI is InChI=1S/C24H26N4O2/c1-3-28(4-2)17-18-8-5-11-21(14-18)26-23(29)19-9-6-12-22(15-19)27-24(30)20-10-7-13-25-16-20/h5-16H,3-4,17H2,1-2H3,(H,26,29)(H,27,30). The molecule has 0 unspecified atom stereocenters. The zero-order chi connectivity index (χ0) is 21.3. The van der Waals surface area contributed by atoms with E-state index in [-0.39, 0.29) is 11.8 Å². The number of nitrogens with one attached hydrogen (secondary N) is 2. The molecule has 0 fully saturated rings. The number of hydrogen-bond donors (Lipinski definition) is 2. The number of nitrogens with zero attached hydrogens (tertiary/aromatic N) is 2. The van der Waals surface area contributed by atoms with Crippen LogP contribution >= 0.6 is 0 Å². The summed E-state index contributed by atoms with van der Waals surface area (Å²) in [5.74, 6) is -0.503. The lowest BCUT2D eigenvalue weighted by Gasteiger charge is -2.18. The quantitative estimate of drug-likeness (QED) is 0.585. The highest BCUT2D eigenvalue weighted by atomic mass is 16.2. The third-order valence-electron chi connectivity index (χ3n) is 4.79. The molecule has 2 amide bonds. The van der Waals surface area contributed by atoms with Gasteiger partial charge in [0, 0.05) is 35.9 Å². The van der Waals surface area contributed by atoms with Crippen LogP contribution in [0, 0.1) is 0 Å². The summed E-state index contributed by atoms with van der Waals surface area (Å²) in [6, 6.07) is 18.1. The van der Waals surface area contributed by atoms with Crippen LogP contribution in [-0.2, 0) is 6.54 Å². The van der Waals surface area contributed by atoms with Crippen LogP contribution in [0.3, 0.4) is 0 Å². The number of anilines is 2. The van der Waals surface area contributed by atoms with Crippen molar-refractivity contribution < 1.29 is 9.59 Å². The fourth-order valence-corrected chi connectivity index (χ4v) is 3.09. The van der Waals surface area contributed by atoms with E-state index in [4.69, 9.17) is 0 Å². The van der Waals surface area contributed by atoms with Crippen molar-refractivity contribution in [3.63, 3.8) is 0 Å². The Morgan fingerprint density at radius 3 is 2.13 bits per heavy atom. The van der Waals surface area contributed by atoms with Crippen molar-refractivity contribution in [2.75, 3.05) is 23.7 Å². The fourth-order valence-electron chi connectivity index (χ4n) is 3.09. The van der Waals surface area contributed by atoms with Crippen LogP contribution < -0.4 is 10.6 Å². The fraction of sp³-hybridized carbons (Fsp3) is 0.208. The third kappa shape index (κ3) is 5.75. The van der Waals surface area contributed by atoms with E-state index in [0.29, 0.717) is 16.8 Å². The number of carbonyl (C=O) groups is 2. The first kappa shape index (κ1) is 21.2. The Morgan fingerprint density at radius 2 is 1.47 bits per heavy atom. The summed E-state index contributed by atoms with van der Waals surface area (Å²) in [7, 11) is 0. The van der Waals surface area contributed by atoms with Crippen LogP contribution in [0.2, 0.25) is 0 Å². The van der Waals surface area contributed by atoms with E-state index in [1.807, 2.05) is 18.2 Å². The first-order valence-electron chi connectivity index (χ1n) is 10.0.